The van der Waals surface area contributed by atoms with Gasteiger partial charge in [0.1, 0.15) is 0 Å². The monoisotopic (exact) mass is 288 g/mol. The van der Waals surface area contributed by atoms with Crippen LogP contribution in [0.3, 0.4) is 0 Å². The average molecular weight is 288 g/mol. The molecule has 1 atom stereocenters. The number of aromatic nitrogens is 2. The fourth-order valence-electron chi connectivity index (χ4n) is 2.37. The summed E-state index contributed by atoms with van der Waals surface area (Å²) in [6.07, 6.45) is 2.86. The van der Waals surface area contributed by atoms with Gasteiger partial charge in [0.2, 0.25) is 0 Å². The number of aryl methyl sites for hydroxylation is 2. The van der Waals surface area contributed by atoms with Crippen LogP contribution in [-0.2, 0) is 13.5 Å². The highest BCUT2D eigenvalue weighted by Gasteiger charge is 2.11. The van der Waals surface area contributed by atoms with E-state index in [-0.39, 0.29) is 16.7 Å². The maximum Gasteiger partial charge on any atom is 0.269 e. The smallest absolute Gasteiger partial charge is 0.269 e. The number of non-ortho nitro benzene ring substituents is 1. The third-order valence-corrected chi connectivity index (χ3v) is 3.53. The molecule has 112 valence electrons. The second-order valence-corrected chi connectivity index (χ2v) is 5.19. The van der Waals surface area contributed by atoms with Crippen molar-refractivity contribution in [2.24, 2.45) is 7.05 Å². The predicted octanol–water partition coefficient (Wildman–Crippen LogP) is 2.53. The maximum atomic E-state index is 10.6. The van der Waals surface area contributed by atoms with Gasteiger partial charge in [-0.2, -0.15) is 5.10 Å². The third kappa shape index (κ3) is 3.88. The molecule has 0 spiro atoms. The van der Waals surface area contributed by atoms with Gasteiger partial charge >= 0.3 is 0 Å². The molecule has 0 fully saturated rings. The lowest BCUT2D eigenvalue weighted by Gasteiger charge is -2.13. The summed E-state index contributed by atoms with van der Waals surface area (Å²) in [6.45, 7) is 4.93. The van der Waals surface area contributed by atoms with Crippen LogP contribution in [0.5, 0.6) is 0 Å². The van der Waals surface area contributed by atoms with Crippen molar-refractivity contribution in [3.8, 4) is 0 Å². The van der Waals surface area contributed by atoms with Gasteiger partial charge in [0.25, 0.3) is 5.69 Å². The largest absolute Gasteiger partial charge is 0.310 e. The van der Waals surface area contributed by atoms with Crippen molar-refractivity contribution in [1.82, 2.24) is 15.1 Å². The van der Waals surface area contributed by atoms with E-state index in [1.807, 2.05) is 24.9 Å². The van der Waals surface area contributed by atoms with Crippen LogP contribution in [0, 0.1) is 17.0 Å². The Morgan fingerprint density at radius 2 is 2.05 bits per heavy atom. The summed E-state index contributed by atoms with van der Waals surface area (Å²) in [5.41, 5.74) is 3.45. The molecule has 0 amide bonds. The van der Waals surface area contributed by atoms with Gasteiger partial charge in [0, 0.05) is 37.0 Å². The number of hydrogen-bond acceptors (Lipinski definition) is 4. The fraction of sp³-hybridized carbons (Fsp3) is 0.400. The molecule has 21 heavy (non-hydrogen) atoms. The molecule has 1 unspecified atom stereocenters. The first kappa shape index (κ1) is 15.2. The van der Waals surface area contributed by atoms with E-state index in [9.17, 15) is 10.1 Å². The highest BCUT2D eigenvalue weighted by molar-refractivity contribution is 5.33. The molecule has 0 saturated heterocycles. The van der Waals surface area contributed by atoms with Crippen LogP contribution in [0.15, 0.2) is 30.5 Å². The quantitative estimate of drug-likeness (QED) is 0.655. The molecular formula is C15H20N4O2. The van der Waals surface area contributed by atoms with Crippen molar-refractivity contribution in [2.75, 3.05) is 6.54 Å². The standard InChI is InChI=1S/C15H20N4O2/c1-11(15-10-18(3)17-12(15)2)16-9-8-13-4-6-14(7-5-13)19(20)21/h4-7,10-11,16H,8-9H2,1-3H3. The minimum absolute atomic E-state index is 0.131. The van der Waals surface area contributed by atoms with Crippen molar-refractivity contribution < 1.29 is 4.92 Å². The molecule has 1 N–H and O–H groups in total. The molecule has 0 aliphatic carbocycles. The summed E-state index contributed by atoms with van der Waals surface area (Å²) in [6, 6.07) is 6.94. The Morgan fingerprint density at radius 1 is 1.38 bits per heavy atom. The van der Waals surface area contributed by atoms with Crippen LogP contribution in [0.2, 0.25) is 0 Å². The van der Waals surface area contributed by atoms with E-state index in [1.165, 1.54) is 5.56 Å². The van der Waals surface area contributed by atoms with Crippen molar-refractivity contribution in [1.29, 1.82) is 0 Å². The van der Waals surface area contributed by atoms with E-state index < -0.39 is 0 Å². The molecule has 6 heteroatoms. The molecular weight excluding hydrogens is 268 g/mol. The predicted molar refractivity (Wildman–Crippen MR) is 81.2 cm³/mol. The second-order valence-electron chi connectivity index (χ2n) is 5.19. The highest BCUT2D eigenvalue weighted by atomic mass is 16.6. The lowest BCUT2D eigenvalue weighted by molar-refractivity contribution is -0.384. The van der Waals surface area contributed by atoms with Crippen molar-refractivity contribution in [3.05, 3.63) is 57.4 Å². The number of hydrogen-bond donors (Lipinski definition) is 1. The van der Waals surface area contributed by atoms with Crippen LogP contribution in [0.4, 0.5) is 5.69 Å². The van der Waals surface area contributed by atoms with Crippen LogP contribution < -0.4 is 5.32 Å². The first-order chi connectivity index (χ1) is 9.97. The van der Waals surface area contributed by atoms with Gasteiger partial charge in [-0.1, -0.05) is 12.1 Å². The maximum absolute atomic E-state index is 10.6. The molecule has 0 bridgehead atoms. The third-order valence-electron chi connectivity index (χ3n) is 3.53. The second kappa shape index (κ2) is 6.49. The number of nitro benzene ring substituents is 1. The number of benzene rings is 1. The van der Waals surface area contributed by atoms with E-state index in [0.717, 1.165) is 24.2 Å². The first-order valence-corrected chi connectivity index (χ1v) is 6.94. The van der Waals surface area contributed by atoms with Crippen molar-refractivity contribution in [3.63, 3.8) is 0 Å². The topological polar surface area (TPSA) is 73.0 Å². The van der Waals surface area contributed by atoms with E-state index >= 15 is 0 Å². The Morgan fingerprint density at radius 3 is 2.57 bits per heavy atom. The number of rotatable bonds is 6. The molecule has 0 saturated carbocycles. The number of nitro groups is 1. The van der Waals surface area contributed by atoms with Gasteiger partial charge < -0.3 is 5.32 Å². The normalized spacial score (nSPS) is 12.3. The SMILES string of the molecule is Cc1nn(C)cc1C(C)NCCc1ccc([N+](=O)[O-])cc1. The summed E-state index contributed by atoms with van der Waals surface area (Å²) in [5.74, 6) is 0. The fourth-order valence-corrected chi connectivity index (χ4v) is 2.37. The van der Waals surface area contributed by atoms with Crippen LogP contribution >= 0.6 is 0 Å². The average Bonchev–Trinajstić information content (AvgIpc) is 2.78. The minimum atomic E-state index is -0.380. The first-order valence-electron chi connectivity index (χ1n) is 6.94. The summed E-state index contributed by atoms with van der Waals surface area (Å²) < 4.78 is 1.82. The Labute approximate surface area is 123 Å². The van der Waals surface area contributed by atoms with Gasteiger partial charge in [-0.25, -0.2) is 0 Å². The summed E-state index contributed by atoms with van der Waals surface area (Å²) in [4.78, 5) is 10.2. The molecule has 0 radical (unpaired) electrons. The number of nitrogens with zero attached hydrogens (tertiary/aromatic N) is 3. The van der Waals surface area contributed by atoms with E-state index in [0.29, 0.717) is 0 Å². The zero-order valence-corrected chi connectivity index (χ0v) is 12.5. The molecule has 1 aromatic carbocycles. The van der Waals surface area contributed by atoms with Gasteiger partial charge in [-0.15, -0.1) is 0 Å². The Bertz CT molecular complexity index is 619. The molecule has 2 aromatic rings. The zero-order valence-electron chi connectivity index (χ0n) is 12.5. The lowest BCUT2D eigenvalue weighted by atomic mass is 10.1. The Hall–Kier alpha value is -2.21. The van der Waals surface area contributed by atoms with Crippen LogP contribution in [0.1, 0.15) is 29.8 Å². The molecule has 0 aliphatic heterocycles. The summed E-state index contributed by atoms with van der Waals surface area (Å²) in [5, 5.41) is 18.4. The van der Waals surface area contributed by atoms with Gasteiger partial charge in [-0.05, 0) is 32.4 Å². The highest BCUT2D eigenvalue weighted by Crippen LogP contribution is 2.16. The number of nitrogens with one attached hydrogen (secondary N) is 1. The molecule has 0 aliphatic rings. The van der Waals surface area contributed by atoms with Crippen LogP contribution in [0.25, 0.3) is 0 Å². The molecule has 6 nitrogen and oxygen atoms in total. The van der Waals surface area contributed by atoms with E-state index in [1.54, 1.807) is 24.3 Å². The summed E-state index contributed by atoms with van der Waals surface area (Å²) in [7, 11) is 1.92. The van der Waals surface area contributed by atoms with Crippen molar-refractivity contribution >= 4 is 5.69 Å². The molecule has 1 heterocycles. The zero-order chi connectivity index (χ0) is 15.4. The lowest BCUT2D eigenvalue weighted by Crippen LogP contribution is -2.21. The molecule has 1 aromatic heterocycles. The Balaban J connectivity index is 1.86. The van der Waals surface area contributed by atoms with Crippen molar-refractivity contribution in [2.45, 2.75) is 26.3 Å². The summed E-state index contributed by atoms with van der Waals surface area (Å²) >= 11 is 0. The Kier molecular flexibility index (Phi) is 4.70. The van der Waals surface area contributed by atoms with E-state index in [4.69, 9.17) is 0 Å². The van der Waals surface area contributed by atoms with Gasteiger partial charge in [0.05, 0.1) is 10.6 Å². The minimum Gasteiger partial charge on any atom is -0.310 e. The molecule has 2 rings (SSSR count). The van der Waals surface area contributed by atoms with Gasteiger partial charge in [-0.3, -0.25) is 14.8 Å². The van der Waals surface area contributed by atoms with Crippen LogP contribution in [-0.4, -0.2) is 21.2 Å². The van der Waals surface area contributed by atoms with E-state index in [2.05, 4.69) is 17.3 Å². The van der Waals surface area contributed by atoms with Gasteiger partial charge in [0.15, 0.2) is 0 Å².